The Bertz CT molecular complexity index is 926. The van der Waals surface area contributed by atoms with Gasteiger partial charge in [0, 0.05) is 17.1 Å². The number of fused-ring (bicyclic) bond motifs is 1. The average Bonchev–Trinajstić information content (AvgIpc) is 2.42. The van der Waals surface area contributed by atoms with E-state index >= 15 is 0 Å². The Labute approximate surface area is 137 Å². The van der Waals surface area contributed by atoms with E-state index in [1.807, 2.05) is 0 Å². The normalized spacial score (nSPS) is 21.5. The van der Waals surface area contributed by atoms with Crippen LogP contribution in [0.15, 0.2) is 16.9 Å². The number of carbonyl (C=O) groups excluding carboxylic acids is 2. The number of carbonyl (C=O) groups is 2. The van der Waals surface area contributed by atoms with Gasteiger partial charge in [-0.25, -0.2) is 4.98 Å². The number of rotatable bonds is 1. The maximum Gasteiger partial charge on any atom is 0.263 e. The maximum atomic E-state index is 12.9. The van der Waals surface area contributed by atoms with Gasteiger partial charge in [0.2, 0.25) is 11.8 Å². The first-order valence-corrected chi connectivity index (χ1v) is 7.45. The Morgan fingerprint density at radius 2 is 2.09 bits per heavy atom. The van der Waals surface area contributed by atoms with Gasteiger partial charge in [-0.2, -0.15) is 0 Å². The Kier molecular flexibility index (Phi) is 3.44. The van der Waals surface area contributed by atoms with Crippen LogP contribution in [0, 0.1) is 6.92 Å². The van der Waals surface area contributed by atoms with Gasteiger partial charge in [0.05, 0.1) is 16.3 Å². The number of halogens is 1. The zero-order valence-electron chi connectivity index (χ0n) is 12.6. The van der Waals surface area contributed by atoms with Crippen LogP contribution < -0.4 is 16.6 Å². The molecule has 1 saturated heterocycles. The lowest BCUT2D eigenvalue weighted by atomic mass is 9.71. The summed E-state index contributed by atoms with van der Waals surface area (Å²) in [6.45, 7) is 1.63. The summed E-state index contributed by atoms with van der Waals surface area (Å²) in [7, 11) is 1.61. The van der Waals surface area contributed by atoms with Gasteiger partial charge in [-0.15, -0.1) is 0 Å². The zero-order chi connectivity index (χ0) is 16.9. The predicted octanol–water partition coefficient (Wildman–Crippen LogP) is -0.337. The third-order valence-corrected chi connectivity index (χ3v) is 4.43. The fourth-order valence-electron chi connectivity index (χ4n) is 3.01. The van der Waals surface area contributed by atoms with Crippen LogP contribution in [0.25, 0.3) is 10.9 Å². The number of amides is 2. The van der Waals surface area contributed by atoms with Gasteiger partial charge in [0.25, 0.3) is 5.56 Å². The molecule has 118 valence electrons. The van der Waals surface area contributed by atoms with Gasteiger partial charge >= 0.3 is 0 Å². The zero-order valence-corrected chi connectivity index (χ0v) is 13.4. The van der Waals surface area contributed by atoms with Crippen molar-refractivity contribution in [1.82, 2.24) is 14.9 Å². The standard InChI is InChI=1S/C14H14BClN4O3/c1-6-18-9-5-7(16)4-8(17)11(9)12(22)20(6)14(15)3-2-10(21)19-13(14)23/h4-5H,2-3,15,17H2,1H3,(H,19,21,23). The highest BCUT2D eigenvalue weighted by Crippen LogP contribution is 2.27. The van der Waals surface area contributed by atoms with Crippen molar-refractivity contribution in [2.45, 2.75) is 25.2 Å². The summed E-state index contributed by atoms with van der Waals surface area (Å²) < 4.78 is 1.31. The molecule has 7 nitrogen and oxygen atoms in total. The number of nitrogen functional groups attached to an aromatic ring is 1. The minimum atomic E-state index is -1.19. The van der Waals surface area contributed by atoms with Gasteiger partial charge in [-0.05, 0) is 25.5 Å². The van der Waals surface area contributed by atoms with E-state index < -0.39 is 16.9 Å². The molecule has 1 aliphatic heterocycles. The first kappa shape index (κ1) is 15.5. The largest absolute Gasteiger partial charge is 0.398 e. The van der Waals surface area contributed by atoms with Crippen molar-refractivity contribution in [3.8, 4) is 0 Å². The molecule has 3 N–H and O–H groups in total. The molecule has 1 fully saturated rings. The molecule has 0 aliphatic carbocycles. The molecule has 9 heteroatoms. The van der Waals surface area contributed by atoms with E-state index in [1.54, 1.807) is 20.8 Å². The van der Waals surface area contributed by atoms with Crippen LogP contribution >= 0.6 is 11.6 Å². The highest BCUT2D eigenvalue weighted by Gasteiger charge is 2.41. The average molecular weight is 333 g/mol. The number of aromatic nitrogens is 2. The lowest BCUT2D eigenvalue weighted by molar-refractivity contribution is -0.137. The molecule has 0 saturated carbocycles. The summed E-state index contributed by atoms with van der Waals surface area (Å²) >= 11 is 5.95. The number of hydrogen-bond acceptors (Lipinski definition) is 5. The highest BCUT2D eigenvalue weighted by molar-refractivity contribution is 6.32. The Morgan fingerprint density at radius 1 is 1.39 bits per heavy atom. The Hall–Kier alpha value is -2.35. The Morgan fingerprint density at radius 3 is 2.74 bits per heavy atom. The van der Waals surface area contributed by atoms with Crippen molar-refractivity contribution in [3.05, 3.63) is 33.3 Å². The molecule has 1 unspecified atom stereocenters. The van der Waals surface area contributed by atoms with E-state index in [-0.39, 0.29) is 29.8 Å². The molecule has 1 aromatic heterocycles. The van der Waals surface area contributed by atoms with Crippen molar-refractivity contribution in [2.75, 3.05) is 5.73 Å². The van der Waals surface area contributed by atoms with Gasteiger partial charge in [0.1, 0.15) is 13.7 Å². The van der Waals surface area contributed by atoms with Crippen molar-refractivity contribution < 1.29 is 9.59 Å². The van der Waals surface area contributed by atoms with E-state index in [0.29, 0.717) is 16.4 Å². The first-order valence-electron chi connectivity index (χ1n) is 7.07. The second-order valence-corrected chi connectivity index (χ2v) is 6.28. The topological polar surface area (TPSA) is 107 Å². The minimum absolute atomic E-state index is 0.155. The molecular weight excluding hydrogens is 318 g/mol. The highest BCUT2D eigenvalue weighted by atomic mass is 35.5. The number of benzene rings is 1. The molecule has 0 bridgehead atoms. The van der Waals surface area contributed by atoms with Gasteiger partial charge in [0.15, 0.2) is 0 Å². The molecular formula is C14H14BClN4O3. The SMILES string of the molecule is BC1(n2c(C)nc3cc(Cl)cc(N)c3c2=O)CCC(=O)NC1=O. The number of nitrogens with zero attached hydrogens (tertiary/aromatic N) is 2. The van der Waals surface area contributed by atoms with Crippen LogP contribution in [0.5, 0.6) is 0 Å². The lowest BCUT2D eigenvalue weighted by Crippen LogP contribution is -2.58. The molecule has 2 amide bonds. The van der Waals surface area contributed by atoms with Crippen molar-refractivity contribution >= 4 is 47.9 Å². The lowest BCUT2D eigenvalue weighted by Gasteiger charge is -2.35. The molecule has 1 atom stereocenters. The number of imide groups is 1. The first-order chi connectivity index (χ1) is 10.7. The van der Waals surface area contributed by atoms with Gasteiger partial charge in [-0.1, -0.05) is 11.6 Å². The van der Waals surface area contributed by atoms with E-state index in [9.17, 15) is 14.4 Å². The summed E-state index contributed by atoms with van der Waals surface area (Å²) in [6, 6.07) is 3.03. The number of aryl methyl sites for hydroxylation is 1. The van der Waals surface area contributed by atoms with Crippen LogP contribution in [-0.2, 0) is 15.0 Å². The summed E-state index contributed by atoms with van der Waals surface area (Å²) in [4.78, 5) is 41.0. The third kappa shape index (κ3) is 2.30. The second-order valence-electron chi connectivity index (χ2n) is 5.84. The molecule has 1 aromatic carbocycles. The molecule has 1 aliphatic rings. The quantitative estimate of drug-likeness (QED) is 0.422. The van der Waals surface area contributed by atoms with Crippen LogP contribution in [0.1, 0.15) is 18.7 Å². The molecule has 3 rings (SSSR count). The number of nitrogens with one attached hydrogen (secondary N) is 1. The predicted molar refractivity (Wildman–Crippen MR) is 89.1 cm³/mol. The van der Waals surface area contributed by atoms with Crippen LogP contribution in [-0.4, -0.2) is 29.2 Å². The fourth-order valence-corrected chi connectivity index (χ4v) is 3.23. The molecule has 2 aromatic rings. The number of hydrogen-bond donors (Lipinski definition) is 2. The Balaban J connectivity index is 2.33. The molecule has 2 heterocycles. The van der Waals surface area contributed by atoms with E-state index in [1.165, 1.54) is 10.6 Å². The van der Waals surface area contributed by atoms with Crippen molar-refractivity contribution in [1.29, 1.82) is 0 Å². The number of nitrogens with two attached hydrogens (primary N) is 1. The van der Waals surface area contributed by atoms with E-state index in [4.69, 9.17) is 17.3 Å². The number of piperidine rings is 1. The summed E-state index contributed by atoms with van der Waals surface area (Å²) in [5.74, 6) is -0.512. The summed E-state index contributed by atoms with van der Waals surface area (Å²) in [6.07, 6.45) is 0.376. The monoisotopic (exact) mass is 332 g/mol. The smallest absolute Gasteiger partial charge is 0.263 e. The number of anilines is 1. The van der Waals surface area contributed by atoms with Crippen molar-refractivity contribution in [2.24, 2.45) is 0 Å². The second kappa shape index (κ2) is 5.09. The van der Waals surface area contributed by atoms with Crippen molar-refractivity contribution in [3.63, 3.8) is 0 Å². The van der Waals surface area contributed by atoms with Gasteiger partial charge < -0.3 is 5.73 Å². The fraction of sp³-hybridized carbons (Fsp3) is 0.286. The van der Waals surface area contributed by atoms with Crippen LogP contribution in [0.4, 0.5) is 5.69 Å². The third-order valence-electron chi connectivity index (χ3n) is 4.21. The van der Waals surface area contributed by atoms with E-state index in [2.05, 4.69) is 10.3 Å². The molecule has 0 radical (unpaired) electrons. The van der Waals surface area contributed by atoms with Crippen LogP contribution in [0.3, 0.4) is 0 Å². The molecule has 23 heavy (non-hydrogen) atoms. The maximum absolute atomic E-state index is 12.9. The van der Waals surface area contributed by atoms with Gasteiger partial charge in [-0.3, -0.25) is 24.3 Å². The van der Waals surface area contributed by atoms with Crippen LogP contribution in [0.2, 0.25) is 5.02 Å². The molecule has 0 spiro atoms. The minimum Gasteiger partial charge on any atom is -0.398 e. The summed E-state index contributed by atoms with van der Waals surface area (Å²) in [5, 5.41) is 2.87. The van der Waals surface area contributed by atoms with E-state index in [0.717, 1.165) is 0 Å². The summed E-state index contributed by atoms with van der Waals surface area (Å²) in [5.41, 5.74) is 4.88.